The predicted octanol–water partition coefficient (Wildman–Crippen LogP) is 4.54. The molecule has 1 aromatic rings. The molecule has 0 amide bonds. The van der Waals surface area contributed by atoms with Crippen LogP contribution >= 0.6 is 27.3 Å². The number of carboxylic acid groups (broad SMARTS) is 1. The Morgan fingerprint density at radius 3 is 2.60 bits per heavy atom. The highest BCUT2D eigenvalue weighted by molar-refractivity contribution is 9.10. The van der Waals surface area contributed by atoms with E-state index < -0.39 is 24.3 Å². The average molecular weight is 501 g/mol. The van der Waals surface area contributed by atoms with E-state index in [0.717, 1.165) is 10.9 Å². The van der Waals surface area contributed by atoms with E-state index in [0.29, 0.717) is 32.1 Å². The van der Waals surface area contributed by atoms with Crippen LogP contribution in [0.25, 0.3) is 0 Å². The molecule has 0 radical (unpaired) electrons. The number of allylic oxidation sites excluding steroid dienone is 2. The summed E-state index contributed by atoms with van der Waals surface area (Å²) in [6.45, 7) is 4.17. The van der Waals surface area contributed by atoms with Gasteiger partial charge in [-0.3, -0.25) is 4.79 Å². The van der Waals surface area contributed by atoms with Crippen LogP contribution in [0.1, 0.15) is 53.8 Å². The van der Waals surface area contributed by atoms with Crippen LogP contribution in [-0.2, 0) is 11.2 Å². The lowest BCUT2D eigenvalue weighted by Crippen LogP contribution is -2.20. The van der Waals surface area contributed by atoms with E-state index in [9.17, 15) is 20.1 Å². The first-order valence-electron chi connectivity index (χ1n) is 10.5. The number of carboxylic acids is 1. The number of aliphatic hydroxyl groups is 3. The third-order valence-corrected chi connectivity index (χ3v) is 8.20. The van der Waals surface area contributed by atoms with Gasteiger partial charge in [0.15, 0.2) is 0 Å². The predicted molar refractivity (Wildman–Crippen MR) is 124 cm³/mol. The monoisotopic (exact) mass is 500 g/mol. The third kappa shape index (κ3) is 7.31. The molecule has 1 fully saturated rings. The zero-order valence-corrected chi connectivity index (χ0v) is 20.0. The minimum atomic E-state index is -0.793. The summed E-state index contributed by atoms with van der Waals surface area (Å²) in [6, 6.07) is 0. The normalized spacial score (nSPS) is 25.5. The van der Waals surface area contributed by atoms with Crippen LogP contribution in [0.3, 0.4) is 0 Å². The molecule has 1 saturated carbocycles. The maximum absolute atomic E-state index is 10.5. The number of aryl methyl sites for hydroxylation is 2. The van der Waals surface area contributed by atoms with Gasteiger partial charge in [-0.1, -0.05) is 24.3 Å². The number of halogens is 1. The molecule has 5 atom stereocenters. The Bertz CT molecular complexity index is 757. The van der Waals surface area contributed by atoms with Crippen LogP contribution < -0.4 is 0 Å². The molecule has 168 valence electrons. The smallest absolute Gasteiger partial charge is 0.303 e. The molecule has 1 aromatic heterocycles. The second-order valence-electron chi connectivity index (χ2n) is 8.10. The third-order valence-electron chi connectivity index (χ3n) is 5.80. The lowest BCUT2D eigenvalue weighted by molar-refractivity contribution is -0.137. The number of unbranched alkanes of at least 4 members (excludes halogenated alkanes) is 1. The van der Waals surface area contributed by atoms with Gasteiger partial charge in [-0.2, -0.15) is 0 Å². The quantitative estimate of drug-likeness (QED) is 0.264. The number of hydrogen-bond acceptors (Lipinski definition) is 5. The van der Waals surface area contributed by atoms with Gasteiger partial charge in [-0.05, 0) is 73.4 Å². The zero-order valence-electron chi connectivity index (χ0n) is 17.6. The van der Waals surface area contributed by atoms with Crippen molar-refractivity contribution in [2.75, 3.05) is 0 Å². The number of hydrogen-bond donors (Lipinski definition) is 4. The number of aliphatic hydroxyl groups excluding tert-OH is 3. The Kier molecular flexibility index (Phi) is 10.2. The fourth-order valence-corrected chi connectivity index (χ4v) is 5.95. The van der Waals surface area contributed by atoms with E-state index in [2.05, 4.69) is 29.8 Å². The van der Waals surface area contributed by atoms with Crippen LogP contribution in [0.15, 0.2) is 28.8 Å². The lowest BCUT2D eigenvalue weighted by atomic mass is 9.89. The molecule has 30 heavy (non-hydrogen) atoms. The van der Waals surface area contributed by atoms with E-state index in [1.165, 1.54) is 15.3 Å². The first-order valence-corrected chi connectivity index (χ1v) is 12.1. The van der Waals surface area contributed by atoms with Crippen LogP contribution in [0.4, 0.5) is 0 Å². The highest BCUT2D eigenvalue weighted by Gasteiger charge is 2.39. The number of thiophene rings is 1. The summed E-state index contributed by atoms with van der Waals surface area (Å²) in [5.41, 5.74) is 1.24. The summed E-state index contributed by atoms with van der Waals surface area (Å²) in [4.78, 5) is 13.0. The van der Waals surface area contributed by atoms with Gasteiger partial charge in [0.05, 0.1) is 18.3 Å². The molecule has 0 aromatic carbocycles. The minimum absolute atomic E-state index is 0.102. The SMILES string of the molecule is Cc1sc(C)c(CCC(O)C=C[C@H]2C(O)CC(O)[C@@H]2CC=CCCCC(=O)O)c1Br. The van der Waals surface area contributed by atoms with Gasteiger partial charge in [-0.15, -0.1) is 11.3 Å². The molecule has 4 N–H and O–H groups in total. The van der Waals surface area contributed by atoms with Crippen molar-refractivity contribution in [3.05, 3.63) is 44.1 Å². The topological polar surface area (TPSA) is 98.0 Å². The highest BCUT2D eigenvalue weighted by atomic mass is 79.9. The second-order valence-corrected chi connectivity index (χ2v) is 10.3. The molecule has 1 aliphatic carbocycles. The average Bonchev–Trinajstić information content (AvgIpc) is 3.08. The van der Waals surface area contributed by atoms with Crippen molar-refractivity contribution in [1.82, 2.24) is 0 Å². The van der Waals surface area contributed by atoms with Gasteiger partial charge in [0, 0.05) is 33.0 Å². The minimum Gasteiger partial charge on any atom is -0.481 e. The fraction of sp³-hybridized carbons (Fsp3) is 0.609. The van der Waals surface area contributed by atoms with Crippen molar-refractivity contribution in [2.45, 2.75) is 77.1 Å². The molecular formula is C23H33BrO5S. The Labute approximate surface area is 191 Å². The van der Waals surface area contributed by atoms with Crippen LogP contribution in [-0.4, -0.2) is 44.7 Å². The molecule has 0 saturated heterocycles. The molecule has 0 spiro atoms. The van der Waals surface area contributed by atoms with Crippen LogP contribution in [0.2, 0.25) is 0 Å². The standard InChI is InChI=1S/C23H33BrO5S/c1-14-17(23(24)15(2)30-14)11-9-16(25)10-12-19-18(20(26)13-21(19)27)7-5-3-4-6-8-22(28)29/h3,5,10,12,16,18-21,25-27H,4,6-9,11,13H2,1-2H3,(H,28,29)/t16?,18-,19-,20?,21?/m1/s1. The van der Waals surface area contributed by atoms with E-state index in [1.807, 2.05) is 18.2 Å². The summed E-state index contributed by atoms with van der Waals surface area (Å²) in [6.07, 6.45) is 9.48. The summed E-state index contributed by atoms with van der Waals surface area (Å²) < 4.78 is 1.13. The Morgan fingerprint density at radius 1 is 1.23 bits per heavy atom. The van der Waals surface area contributed by atoms with Crippen LogP contribution in [0.5, 0.6) is 0 Å². The van der Waals surface area contributed by atoms with Crippen molar-refractivity contribution in [2.24, 2.45) is 11.8 Å². The lowest BCUT2D eigenvalue weighted by Gasteiger charge is -2.19. The van der Waals surface area contributed by atoms with Crippen molar-refractivity contribution < 1.29 is 25.2 Å². The Balaban J connectivity index is 1.87. The van der Waals surface area contributed by atoms with Crippen molar-refractivity contribution in [3.63, 3.8) is 0 Å². The van der Waals surface area contributed by atoms with Gasteiger partial charge < -0.3 is 20.4 Å². The largest absolute Gasteiger partial charge is 0.481 e. The van der Waals surface area contributed by atoms with Crippen molar-refractivity contribution in [3.8, 4) is 0 Å². The fourth-order valence-electron chi connectivity index (χ4n) is 4.08. The molecule has 5 nitrogen and oxygen atoms in total. The van der Waals surface area contributed by atoms with E-state index >= 15 is 0 Å². The van der Waals surface area contributed by atoms with E-state index in [4.69, 9.17) is 5.11 Å². The summed E-state index contributed by atoms with van der Waals surface area (Å²) in [5, 5.41) is 39.7. The van der Waals surface area contributed by atoms with Gasteiger partial charge in [-0.25, -0.2) is 0 Å². The van der Waals surface area contributed by atoms with Crippen molar-refractivity contribution in [1.29, 1.82) is 0 Å². The van der Waals surface area contributed by atoms with Crippen LogP contribution in [0, 0.1) is 25.7 Å². The number of rotatable bonds is 11. The highest BCUT2D eigenvalue weighted by Crippen LogP contribution is 2.37. The number of carbonyl (C=O) groups is 1. The number of aliphatic carboxylic acids is 1. The summed E-state index contributed by atoms with van der Waals surface area (Å²) in [7, 11) is 0. The zero-order chi connectivity index (χ0) is 22.3. The first kappa shape index (κ1) is 25.3. The van der Waals surface area contributed by atoms with Crippen molar-refractivity contribution >= 4 is 33.2 Å². The second kappa shape index (κ2) is 12.2. The molecule has 7 heteroatoms. The molecule has 0 aliphatic heterocycles. The Hall–Kier alpha value is -0.990. The molecule has 1 aliphatic rings. The molecular weight excluding hydrogens is 468 g/mol. The molecule has 0 bridgehead atoms. The maximum atomic E-state index is 10.5. The first-order chi connectivity index (χ1) is 14.2. The van der Waals surface area contributed by atoms with E-state index in [-0.39, 0.29) is 18.3 Å². The molecule has 2 rings (SSSR count). The molecule has 1 heterocycles. The van der Waals surface area contributed by atoms with Gasteiger partial charge >= 0.3 is 5.97 Å². The summed E-state index contributed by atoms with van der Waals surface area (Å²) >= 11 is 5.38. The Morgan fingerprint density at radius 2 is 1.97 bits per heavy atom. The van der Waals surface area contributed by atoms with Gasteiger partial charge in [0.25, 0.3) is 0 Å². The molecule has 3 unspecified atom stereocenters. The maximum Gasteiger partial charge on any atom is 0.303 e. The summed E-state index contributed by atoms with van der Waals surface area (Å²) in [5.74, 6) is -1.09. The van der Waals surface area contributed by atoms with Gasteiger partial charge in [0.1, 0.15) is 0 Å². The van der Waals surface area contributed by atoms with E-state index in [1.54, 1.807) is 17.4 Å². The van der Waals surface area contributed by atoms with Gasteiger partial charge in [0.2, 0.25) is 0 Å².